The van der Waals surface area contributed by atoms with E-state index >= 15 is 0 Å². The summed E-state index contributed by atoms with van der Waals surface area (Å²) in [6.45, 7) is 2.84. The standard InChI is InChI=1S/C13H20FNS/c1-2-16-7-6-12(10-15)8-11-4-3-5-13(14)9-11/h3-5,9,12H,2,6-8,10,15H2,1H3. The maximum Gasteiger partial charge on any atom is 0.123 e. The lowest BCUT2D eigenvalue weighted by Gasteiger charge is -2.14. The van der Waals surface area contributed by atoms with Gasteiger partial charge in [-0.1, -0.05) is 19.1 Å². The van der Waals surface area contributed by atoms with E-state index in [9.17, 15) is 4.39 Å². The summed E-state index contributed by atoms with van der Waals surface area (Å²) in [6, 6.07) is 6.82. The van der Waals surface area contributed by atoms with Gasteiger partial charge in [0.1, 0.15) is 5.82 Å². The Balaban J connectivity index is 2.43. The molecule has 0 aromatic heterocycles. The van der Waals surface area contributed by atoms with Crippen molar-refractivity contribution in [2.75, 3.05) is 18.1 Å². The fourth-order valence-corrected chi connectivity index (χ4v) is 2.48. The second kappa shape index (κ2) is 7.69. The molecule has 1 aromatic carbocycles. The smallest absolute Gasteiger partial charge is 0.123 e. The first-order chi connectivity index (χ1) is 7.76. The molecule has 0 aliphatic carbocycles. The van der Waals surface area contributed by atoms with Crippen LogP contribution in [0.2, 0.25) is 0 Å². The van der Waals surface area contributed by atoms with Gasteiger partial charge in [0.2, 0.25) is 0 Å². The van der Waals surface area contributed by atoms with Crippen LogP contribution in [-0.4, -0.2) is 18.1 Å². The molecular formula is C13H20FNS. The molecule has 0 saturated carbocycles. The molecule has 1 nitrogen and oxygen atoms in total. The average molecular weight is 241 g/mol. The van der Waals surface area contributed by atoms with Gasteiger partial charge in [0.15, 0.2) is 0 Å². The minimum absolute atomic E-state index is 0.156. The molecule has 1 rings (SSSR count). The van der Waals surface area contributed by atoms with Crippen molar-refractivity contribution in [3.8, 4) is 0 Å². The van der Waals surface area contributed by atoms with Gasteiger partial charge in [-0.3, -0.25) is 0 Å². The molecule has 3 heteroatoms. The number of benzene rings is 1. The molecule has 0 fully saturated rings. The van der Waals surface area contributed by atoms with Gasteiger partial charge in [-0.15, -0.1) is 0 Å². The highest BCUT2D eigenvalue weighted by molar-refractivity contribution is 7.99. The molecule has 0 saturated heterocycles. The van der Waals surface area contributed by atoms with Crippen LogP contribution in [0.25, 0.3) is 0 Å². The summed E-state index contributed by atoms with van der Waals surface area (Å²) in [6.07, 6.45) is 2.00. The first kappa shape index (κ1) is 13.5. The van der Waals surface area contributed by atoms with Crippen molar-refractivity contribution in [3.63, 3.8) is 0 Å². The van der Waals surface area contributed by atoms with Crippen molar-refractivity contribution in [2.45, 2.75) is 19.8 Å². The molecule has 90 valence electrons. The van der Waals surface area contributed by atoms with Crippen LogP contribution >= 0.6 is 11.8 Å². The largest absolute Gasteiger partial charge is 0.330 e. The normalized spacial score (nSPS) is 12.7. The van der Waals surface area contributed by atoms with E-state index in [2.05, 4.69) is 6.92 Å². The molecule has 1 aromatic rings. The van der Waals surface area contributed by atoms with E-state index in [0.717, 1.165) is 29.9 Å². The molecule has 16 heavy (non-hydrogen) atoms. The van der Waals surface area contributed by atoms with Gasteiger partial charge in [0.05, 0.1) is 0 Å². The van der Waals surface area contributed by atoms with Crippen LogP contribution in [0.4, 0.5) is 4.39 Å². The van der Waals surface area contributed by atoms with Crippen molar-refractivity contribution in [1.29, 1.82) is 0 Å². The Bertz CT molecular complexity index is 304. The van der Waals surface area contributed by atoms with Crippen molar-refractivity contribution in [3.05, 3.63) is 35.6 Å². The predicted molar refractivity (Wildman–Crippen MR) is 70.3 cm³/mol. The third-order valence-electron chi connectivity index (χ3n) is 2.62. The average Bonchev–Trinajstić information content (AvgIpc) is 2.28. The highest BCUT2D eigenvalue weighted by Crippen LogP contribution is 2.15. The SMILES string of the molecule is CCSCCC(CN)Cc1cccc(F)c1. The van der Waals surface area contributed by atoms with Gasteiger partial charge in [-0.05, 0) is 54.5 Å². The summed E-state index contributed by atoms with van der Waals surface area (Å²) in [5, 5.41) is 0. The van der Waals surface area contributed by atoms with Gasteiger partial charge in [-0.25, -0.2) is 4.39 Å². The second-order valence-corrected chi connectivity index (χ2v) is 5.32. The van der Waals surface area contributed by atoms with Crippen LogP contribution in [0.1, 0.15) is 18.9 Å². The molecular weight excluding hydrogens is 221 g/mol. The fraction of sp³-hybridized carbons (Fsp3) is 0.538. The number of rotatable bonds is 7. The monoisotopic (exact) mass is 241 g/mol. The van der Waals surface area contributed by atoms with E-state index in [1.54, 1.807) is 12.1 Å². The van der Waals surface area contributed by atoms with Crippen LogP contribution in [0, 0.1) is 11.7 Å². The van der Waals surface area contributed by atoms with Crippen molar-refractivity contribution in [1.82, 2.24) is 0 Å². The molecule has 0 aliphatic heterocycles. The van der Waals surface area contributed by atoms with Gasteiger partial charge in [0, 0.05) is 0 Å². The molecule has 0 spiro atoms. The van der Waals surface area contributed by atoms with E-state index in [-0.39, 0.29) is 5.82 Å². The molecule has 0 radical (unpaired) electrons. The summed E-state index contributed by atoms with van der Waals surface area (Å²) in [7, 11) is 0. The van der Waals surface area contributed by atoms with Gasteiger partial charge >= 0.3 is 0 Å². The Hall–Kier alpha value is -0.540. The highest BCUT2D eigenvalue weighted by atomic mass is 32.2. The third kappa shape index (κ3) is 4.99. The Morgan fingerprint density at radius 2 is 2.25 bits per heavy atom. The summed E-state index contributed by atoms with van der Waals surface area (Å²) >= 11 is 1.94. The van der Waals surface area contributed by atoms with Gasteiger partial charge in [0.25, 0.3) is 0 Å². The Morgan fingerprint density at radius 1 is 1.44 bits per heavy atom. The Morgan fingerprint density at radius 3 is 2.88 bits per heavy atom. The highest BCUT2D eigenvalue weighted by Gasteiger charge is 2.08. The third-order valence-corrected chi connectivity index (χ3v) is 3.55. The van der Waals surface area contributed by atoms with Crippen LogP contribution in [-0.2, 0) is 6.42 Å². The summed E-state index contributed by atoms with van der Waals surface area (Å²) in [5.41, 5.74) is 6.79. The predicted octanol–water partition coefficient (Wildman–Crippen LogP) is 3.09. The maximum atomic E-state index is 13.0. The van der Waals surface area contributed by atoms with Crippen molar-refractivity contribution < 1.29 is 4.39 Å². The summed E-state index contributed by atoms with van der Waals surface area (Å²) in [5.74, 6) is 2.61. The zero-order chi connectivity index (χ0) is 11.8. The molecule has 2 N–H and O–H groups in total. The number of thioether (sulfide) groups is 1. The van der Waals surface area contributed by atoms with Gasteiger partial charge in [-0.2, -0.15) is 11.8 Å². The van der Waals surface area contributed by atoms with E-state index in [1.165, 1.54) is 6.07 Å². The molecule has 0 amide bonds. The number of halogens is 1. The number of hydrogen-bond acceptors (Lipinski definition) is 2. The van der Waals surface area contributed by atoms with E-state index in [0.29, 0.717) is 12.5 Å². The first-order valence-corrected chi connectivity index (χ1v) is 6.94. The lowest BCUT2D eigenvalue weighted by atomic mass is 9.97. The molecule has 0 bridgehead atoms. The van der Waals surface area contributed by atoms with Crippen LogP contribution in [0.15, 0.2) is 24.3 Å². The maximum absolute atomic E-state index is 13.0. The van der Waals surface area contributed by atoms with Gasteiger partial charge < -0.3 is 5.73 Å². The lowest BCUT2D eigenvalue weighted by Crippen LogP contribution is -2.17. The quantitative estimate of drug-likeness (QED) is 0.742. The topological polar surface area (TPSA) is 26.0 Å². The van der Waals surface area contributed by atoms with Crippen molar-refractivity contribution in [2.24, 2.45) is 11.7 Å². The van der Waals surface area contributed by atoms with E-state index in [4.69, 9.17) is 5.73 Å². The van der Waals surface area contributed by atoms with Crippen molar-refractivity contribution >= 4 is 11.8 Å². The lowest BCUT2D eigenvalue weighted by molar-refractivity contribution is 0.520. The number of hydrogen-bond donors (Lipinski definition) is 1. The zero-order valence-corrected chi connectivity index (χ0v) is 10.6. The van der Waals surface area contributed by atoms with Crippen LogP contribution in [0.5, 0.6) is 0 Å². The number of nitrogens with two attached hydrogens (primary N) is 1. The van der Waals surface area contributed by atoms with Crippen LogP contribution < -0.4 is 5.73 Å². The Labute approximate surface area is 102 Å². The summed E-state index contributed by atoms with van der Waals surface area (Å²) in [4.78, 5) is 0. The second-order valence-electron chi connectivity index (χ2n) is 3.92. The van der Waals surface area contributed by atoms with E-state index < -0.39 is 0 Å². The molecule has 0 heterocycles. The minimum atomic E-state index is -0.156. The zero-order valence-electron chi connectivity index (χ0n) is 9.79. The molecule has 1 atom stereocenters. The minimum Gasteiger partial charge on any atom is -0.330 e. The summed E-state index contributed by atoms with van der Waals surface area (Å²) < 4.78 is 13.0. The van der Waals surface area contributed by atoms with E-state index in [1.807, 2.05) is 17.8 Å². The molecule has 1 unspecified atom stereocenters. The first-order valence-electron chi connectivity index (χ1n) is 5.78. The fourth-order valence-electron chi connectivity index (χ4n) is 1.69. The Kier molecular flexibility index (Phi) is 6.50. The molecule has 0 aliphatic rings. The van der Waals surface area contributed by atoms with Crippen LogP contribution in [0.3, 0.4) is 0 Å².